The van der Waals surface area contributed by atoms with Gasteiger partial charge in [-0.25, -0.2) is 0 Å². The smallest absolute Gasteiger partial charge is 0.161 e. The van der Waals surface area contributed by atoms with Gasteiger partial charge < -0.3 is 14.8 Å². The second-order valence-corrected chi connectivity index (χ2v) is 6.68. The van der Waals surface area contributed by atoms with Gasteiger partial charge in [-0.3, -0.25) is 0 Å². The van der Waals surface area contributed by atoms with Crippen LogP contribution < -0.4 is 14.8 Å². The summed E-state index contributed by atoms with van der Waals surface area (Å²) in [7, 11) is 0. The van der Waals surface area contributed by atoms with Crippen LogP contribution in [0.5, 0.6) is 11.5 Å². The Labute approximate surface area is 133 Å². The number of hydrogen-bond acceptors (Lipinski definition) is 4. The molecule has 112 valence electrons. The van der Waals surface area contributed by atoms with Crippen LogP contribution in [-0.2, 0) is 0 Å². The van der Waals surface area contributed by atoms with Crippen LogP contribution in [0.15, 0.2) is 30.3 Å². The van der Waals surface area contributed by atoms with Crippen molar-refractivity contribution in [3.05, 3.63) is 45.1 Å². The topological polar surface area (TPSA) is 30.5 Å². The minimum atomic E-state index is 0.137. The Hall–Kier alpha value is -1.23. The van der Waals surface area contributed by atoms with Gasteiger partial charge in [0.05, 0.1) is 10.4 Å². The summed E-state index contributed by atoms with van der Waals surface area (Å²) in [6.45, 7) is 4.34. The van der Waals surface area contributed by atoms with Crippen molar-refractivity contribution >= 4 is 22.9 Å². The van der Waals surface area contributed by atoms with Gasteiger partial charge in [-0.2, -0.15) is 0 Å². The van der Waals surface area contributed by atoms with E-state index < -0.39 is 0 Å². The second-order valence-electron chi connectivity index (χ2n) is 4.93. The van der Waals surface area contributed by atoms with Crippen molar-refractivity contribution in [3.63, 3.8) is 0 Å². The monoisotopic (exact) mass is 323 g/mol. The van der Waals surface area contributed by atoms with Gasteiger partial charge in [0.25, 0.3) is 0 Å². The lowest BCUT2D eigenvalue weighted by molar-refractivity contribution is 0.171. The summed E-state index contributed by atoms with van der Waals surface area (Å²) in [6.07, 6.45) is 1.08. The van der Waals surface area contributed by atoms with Crippen molar-refractivity contribution in [1.82, 2.24) is 5.32 Å². The molecule has 1 aromatic carbocycles. The Balaban J connectivity index is 1.92. The third kappa shape index (κ3) is 3.34. The quantitative estimate of drug-likeness (QED) is 0.891. The van der Waals surface area contributed by atoms with E-state index in [1.807, 2.05) is 12.1 Å². The molecule has 2 aromatic rings. The van der Waals surface area contributed by atoms with Crippen molar-refractivity contribution in [2.24, 2.45) is 0 Å². The maximum Gasteiger partial charge on any atom is 0.161 e. The Bertz CT molecular complexity index is 614. The van der Waals surface area contributed by atoms with Crippen LogP contribution in [0.2, 0.25) is 4.34 Å². The highest BCUT2D eigenvalue weighted by Gasteiger charge is 2.19. The number of ether oxygens (including phenoxy) is 2. The van der Waals surface area contributed by atoms with E-state index in [0.29, 0.717) is 13.2 Å². The second kappa shape index (κ2) is 6.69. The molecule has 0 spiro atoms. The van der Waals surface area contributed by atoms with Crippen LogP contribution in [0.4, 0.5) is 0 Å². The van der Waals surface area contributed by atoms with E-state index in [0.717, 1.165) is 28.8 Å². The number of hydrogen-bond donors (Lipinski definition) is 1. The molecule has 2 heterocycles. The molecule has 0 radical (unpaired) electrons. The zero-order valence-electron chi connectivity index (χ0n) is 11.9. The standard InChI is InChI=1S/C16H18ClNO2S/c1-2-7-18-16(14-5-6-15(17)21-14)11-3-4-12-13(10-11)20-9-8-19-12/h3-6,10,16,18H,2,7-9H2,1H3. The third-order valence-corrected chi connectivity index (χ3v) is 4.67. The SMILES string of the molecule is CCCNC(c1ccc2c(c1)OCCO2)c1ccc(Cl)s1. The zero-order valence-corrected chi connectivity index (χ0v) is 13.5. The number of fused-ring (bicyclic) bond motifs is 1. The largest absolute Gasteiger partial charge is 0.486 e. The Kier molecular flexibility index (Phi) is 4.68. The molecule has 3 nitrogen and oxygen atoms in total. The van der Waals surface area contributed by atoms with Crippen LogP contribution in [0.25, 0.3) is 0 Å². The molecule has 1 N–H and O–H groups in total. The fraction of sp³-hybridized carbons (Fsp3) is 0.375. The maximum atomic E-state index is 6.09. The van der Waals surface area contributed by atoms with Gasteiger partial charge >= 0.3 is 0 Å². The molecule has 1 atom stereocenters. The van der Waals surface area contributed by atoms with Gasteiger partial charge in [-0.05, 0) is 42.8 Å². The van der Waals surface area contributed by atoms with E-state index in [1.54, 1.807) is 11.3 Å². The number of thiophene rings is 1. The molecule has 0 bridgehead atoms. The summed E-state index contributed by atoms with van der Waals surface area (Å²) in [5.41, 5.74) is 1.17. The molecular formula is C16H18ClNO2S. The van der Waals surface area contributed by atoms with Gasteiger partial charge in [0, 0.05) is 4.88 Å². The van der Waals surface area contributed by atoms with Crippen molar-refractivity contribution in [2.75, 3.05) is 19.8 Å². The summed E-state index contributed by atoms with van der Waals surface area (Å²) in [4.78, 5) is 1.21. The fourth-order valence-corrected chi connectivity index (χ4v) is 3.56. The first kappa shape index (κ1) is 14.7. The van der Waals surface area contributed by atoms with Gasteiger partial charge in [0.1, 0.15) is 13.2 Å². The Morgan fingerprint density at radius 1 is 1.19 bits per heavy atom. The molecule has 1 aliphatic rings. The van der Waals surface area contributed by atoms with Crippen molar-refractivity contribution in [1.29, 1.82) is 0 Å². The molecule has 0 saturated heterocycles. The summed E-state index contributed by atoms with van der Waals surface area (Å²) < 4.78 is 12.1. The van der Waals surface area contributed by atoms with Gasteiger partial charge in [0.2, 0.25) is 0 Å². The molecule has 0 amide bonds. The average molecular weight is 324 g/mol. The maximum absolute atomic E-state index is 6.09. The lowest BCUT2D eigenvalue weighted by atomic mass is 10.0. The van der Waals surface area contributed by atoms with Crippen LogP contribution >= 0.6 is 22.9 Å². The molecule has 1 aromatic heterocycles. The first-order valence-corrected chi connectivity index (χ1v) is 8.35. The molecular weight excluding hydrogens is 306 g/mol. The van der Waals surface area contributed by atoms with Crippen molar-refractivity contribution in [2.45, 2.75) is 19.4 Å². The summed E-state index contributed by atoms with van der Waals surface area (Å²) in [5.74, 6) is 1.65. The van der Waals surface area contributed by atoms with Crippen molar-refractivity contribution in [3.8, 4) is 11.5 Å². The van der Waals surface area contributed by atoms with Gasteiger partial charge in [-0.1, -0.05) is 24.6 Å². The van der Waals surface area contributed by atoms with Gasteiger partial charge in [-0.15, -0.1) is 11.3 Å². The predicted octanol–water partition coefficient (Wildman–Crippen LogP) is 4.26. The molecule has 1 unspecified atom stereocenters. The number of rotatable bonds is 5. The minimum absolute atomic E-state index is 0.137. The molecule has 0 fully saturated rings. The minimum Gasteiger partial charge on any atom is -0.486 e. The van der Waals surface area contributed by atoms with E-state index in [9.17, 15) is 0 Å². The third-order valence-electron chi connectivity index (χ3n) is 3.38. The zero-order chi connectivity index (χ0) is 14.7. The molecule has 1 aliphatic heterocycles. The predicted molar refractivity (Wildman–Crippen MR) is 86.9 cm³/mol. The van der Waals surface area contributed by atoms with Gasteiger partial charge in [0.15, 0.2) is 11.5 Å². The molecule has 5 heteroatoms. The summed E-state index contributed by atoms with van der Waals surface area (Å²) >= 11 is 7.70. The molecule has 0 aliphatic carbocycles. The molecule has 3 rings (SSSR count). The highest BCUT2D eigenvalue weighted by atomic mass is 35.5. The molecule has 0 saturated carbocycles. The lowest BCUT2D eigenvalue weighted by Crippen LogP contribution is -2.23. The number of halogens is 1. The highest BCUT2D eigenvalue weighted by molar-refractivity contribution is 7.16. The normalized spacial score (nSPS) is 15.0. The summed E-state index contributed by atoms with van der Waals surface area (Å²) in [6, 6.07) is 10.3. The average Bonchev–Trinajstić information content (AvgIpc) is 2.94. The van der Waals surface area contributed by atoms with Crippen LogP contribution in [0, 0.1) is 0 Å². The molecule has 21 heavy (non-hydrogen) atoms. The van der Waals surface area contributed by atoms with Crippen LogP contribution in [0.3, 0.4) is 0 Å². The van der Waals surface area contributed by atoms with E-state index in [2.05, 4.69) is 30.4 Å². The highest BCUT2D eigenvalue weighted by Crippen LogP contribution is 2.36. The summed E-state index contributed by atoms with van der Waals surface area (Å²) in [5, 5.41) is 3.58. The van der Waals surface area contributed by atoms with E-state index >= 15 is 0 Å². The van der Waals surface area contributed by atoms with E-state index in [1.165, 1.54) is 10.4 Å². The fourth-order valence-electron chi connectivity index (χ4n) is 2.39. The first-order valence-electron chi connectivity index (χ1n) is 7.16. The Morgan fingerprint density at radius 3 is 2.71 bits per heavy atom. The van der Waals surface area contributed by atoms with E-state index in [-0.39, 0.29) is 6.04 Å². The number of benzene rings is 1. The van der Waals surface area contributed by atoms with Crippen molar-refractivity contribution < 1.29 is 9.47 Å². The van der Waals surface area contributed by atoms with Crippen LogP contribution in [-0.4, -0.2) is 19.8 Å². The van der Waals surface area contributed by atoms with E-state index in [4.69, 9.17) is 21.1 Å². The first-order chi connectivity index (χ1) is 10.3. The Morgan fingerprint density at radius 2 is 2.00 bits per heavy atom. The van der Waals surface area contributed by atoms with Crippen LogP contribution in [0.1, 0.15) is 29.8 Å². The lowest BCUT2D eigenvalue weighted by Gasteiger charge is -2.22. The number of nitrogens with one attached hydrogen (secondary N) is 1.